The molecule has 0 saturated carbocycles. The van der Waals surface area contributed by atoms with Crippen molar-refractivity contribution in [3.63, 3.8) is 0 Å². The highest BCUT2D eigenvalue weighted by Gasteiger charge is 2.12. The van der Waals surface area contributed by atoms with Gasteiger partial charge in [-0.3, -0.25) is 0 Å². The quantitative estimate of drug-likeness (QED) is 0.560. The van der Waals surface area contributed by atoms with E-state index in [4.69, 9.17) is 6.42 Å². The van der Waals surface area contributed by atoms with Gasteiger partial charge in [0.15, 0.2) is 0 Å². The second-order valence-corrected chi connectivity index (χ2v) is 4.96. The fourth-order valence-electron chi connectivity index (χ4n) is 2.31. The van der Waals surface area contributed by atoms with Crippen LogP contribution in [0, 0.1) is 26.2 Å². The molecule has 0 bridgehead atoms. The molecule has 98 valence electrons. The average Bonchev–Trinajstić information content (AvgIpc) is 2.34. The van der Waals surface area contributed by atoms with Crippen LogP contribution in [0.4, 0.5) is 0 Å². The Labute approximate surface area is 112 Å². The van der Waals surface area contributed by atoms with E-state index in [1.165, 1.54) is 16.7 Å². The highest BCUT2D eigenvalue weighted by Crippen LogP contribution is 2.23. The predicted octanol–water partition coefficient (Wildman–Crippen LogP) is 4.15. The van der Waals surface area contributed by atoms with Crippen LogP contribution in [-0.2, 0) is 0 Å². The zero-order chi connectivity index (χ0) is 13.4. The van der Waals surface area contributed by atoms with Gasteiger partial charge in [0.25, 0.3) is 0 Å². The normalized spacial score (nSPS) is 12.1. The second-order valence-electron chi connectivity index (χ2n) is 4.96. The number of nitrogens with one attached hydrogen (secondary N) is 1. The Bertz CT molecular complexity index is 401. The molecule has 0 aliphatic carbocycles. The van der Waals surface area contributed by atoms with Crippen LogP contribution >= 0.6 is 0 Å². The van der Waals surface area contributed by atoms with E-state index in [-0.39, 0.29) is 0 Å². The first-order valence-corrected chi connectivity index (χ1v) is 6.93. The molecule has 0 aliphatic heterocycles. The number of unbranched alkanes of at least 4 members (excludes halogenated alkanes) is 1. The van der Waals surface area contributed by atoms with Gasteiger partial charge >= 0.3 is 0 Å². The summed E-state index contributed by atoms with van der Waals surface area (Å²) in [4.78, 5) is 0. The second kappa shape index (κ2) is 7.95. The minimum Gasteiger partial charge on any atom is -0.310 e. The van der Waals surface area contributed by atoms with Crippen LogP contribution < -0.4 is 5.32 Å². The van der Waals surface area contributed by atoms with E-state index in [1.54, 1.807) is 0 Å². The van der Waals surface area contributed by atoms with Gasteiger partial charge < -0.3 is 5.32 Å². The Hall–Kier alpha value is -1.26. The molecular formula is C17H25N. The molecule has 0 radical (unpaired) electrons. The largest absolute Gasteiger partial charge is 0.310 e. The highest BCUT2D eigenvalue weighted by molar-refractivity contribution is 5.32. The third-order valence-corrected chi connectivity index (χ3v) is 3.26. The van der Waals surface area contributed by atoms with Crippen LogP contribution in [0.1, 0.15) is 55.3 Å². The Morgan fingerprint density at radius 1 is 1.33 bits per heavy atom. The van der Waals surface area contributed by atoms with Gasteiger partial charge in [-0.1, -0.05) is 30.7 Å². The van der Waals surface area contributed by atoms with Crippen LogP contribution in [-0.4, -0.2) is 6.54 Å². The molecule has 1 aromatic rings. The molecule has 1 heteroatoms. The maximum Gasteiger partial charge on any atom is 0.0323 e. The average molecular weight is 243 g/mol. The molecule has 1 N–H and O–H groups in total. The fourth-order valence-corrected chi connectivity index (χ4v) is 2.31. The summed E-state index contributed by atoms with van der Waals surface area (Å²) in [6.45, 7) is 7.61. The van der Waals surface area contributed by atoms with Gasteiger partial charge in [-0.05, 0) is 50.8 Å². The van der Waals surface area contributed by atoms with Crippen LogP contribution in [0.5, 0.6) is 0 Å². The van der Waals surface area contributed by atoms with Gasteiger partial charge in [0.05, 0.1) is 0 Å². The maximum atomic E-state index is 5.33. The van der Waals surface area contributed by atoms with Crippen molar-refractivity contribution in [2.45, 2.75) is 52.5 Å². The van der Waals surface area contributed by atoms with Crippen molar-refractivity contribution in [2.24, 2.45) is 0 Å². The van der Waals surface area contributed by atoms with Gasteiger partial charge in [0.1, 0.15) is 0 Å². The summed E-state index contributed by atoms with van der Waals surface area (Å²) >= 11 is 0. The predicted molar refractivity (Wildman–Crippen MR) is 79.6 cm³/mol. The molecule has 1 unspecified atom stereocenters. The fraction of sp³-hybridized carbons (Fsp3) is 0.529. The van der Waals surface area contributed by atoms with E-state index in [0.29, 0.717) is 6.04 Å². The third-order valence-electron chi connectivity index (χ3n) is 3.26. The molecule has 0 aromatic heterocycles. The minimum atomic E-state index is 0.443. The van der Waals surface area contributed by atoms with Gasteiger partial charge in [0.2, 0.25) is 0 Å². The topological polar surface area (TPSA) is 12.0 Å². The smallest absolute Gasteiger partial charge is 0.0323 e. The molecule has 1 nitrogen and oxygen atoms in total. The van der Waals surface area contributed by atoms with Gasteiger partial charge in [-0.15, -0.1) is 12.3 Å². The Balaban J connectivity index is 2.76. The summed E-state index contributed by atoms with van der Waals surface area (Å²) in [5.74, 6) is 2.73. The molecule has 1 aromatic carbocycles. The van der Waals surface area contributed by atoms with Crippen molar-refractivity contribution in [3.8, 4) is 12.3 Å². The van der Waals surface area contributed by atoms with Crippen molar-refractivity contribution < 1.29 is 0 Å². The Kier molecular flexibility index (Phi) is 6.54. The standard InChI is InChI=1S/C17H25N/c1-5-7-8-9-17(18-12-6-2)16-11-10-14(3)13-15(16)4/h1,10-11,13,17-18H,6-9,12H2,2-4H3. The monoisotopic (exact) mass is 243 g/mol. The Morgan fingerprint density at radius 2 is 2.11 bits per heavy atom. The number of rotatable bonds is 7. The number of hydrogen-bond donors (Lipinski definition) is 1. The Morgan fingerprint density at radius 3 is 2.72 bits per heavy atom. The van der Waals surface area contributed by atoms with Crippen molar-refractivity contribution in [1.29, 1.82) is 0 Å². The van der Waals surface area contributed by atoms with E-state index < -0.39 is 0 Å². The molecule has 1 atom stereocenters. The van der Waals surface area contributed by atoms with E-state index in [1.807, 2.05) is 0 Å². The third kappa shape index (κ3) is 4.55. The van der Waals surface area contributed by atoms with E-state index in [2.05, 4.69) is 50.2 Å². The molecule has 0 saturated heterocycles. The summed E-state index contributed by atoms with van der Waals surface area (Å²) in [5, 5.41) is 3.64. The molecule has 0 amide bonds. The molecule has 18 heavy (non-hydrogen) atoms. The lowest BCUT2D eigenvalue weighted by Gasteiger charge is -2.21. The van der Waals surface area contributed by atoms with Crippen molar-refractivity contribution in [2.75, 3.05) is 6.54 Å². The molecule has 0 spiro atoms. The van der Waals surface area contributed by atoms with Crippen molar-refractivity contribution in [1.82, 2.24) is 5.32 Å². The summed E-state index contributed by atoms with van der Waals surface area (Å²) in [7, 11) is 0. The molecule has 0 aliphatic rings. The summed E-state index contributed by atoms with van der Waals surface area (Å²) in [6.07, 6.45) is 9.57. The lowest BCUT2D eigenvalue weighted by molar-refractivity contribution is 0.485. The SMILES string of the molecule is C#CCCCC(NCCC)c1ccc(C)cc1C. The summed E-state index contributed by atoms with van der Waals surface area (Å²) < 4.78 is 0. The van der Waals surface area contributed by atoms with Crippen LogP contribution in [0.15, 0.2) is 18.2 Å². The zero-order valence-electron chi connectivity index (χ0n) is 11.9. The molecule has 0 fully saturated rings. The lowest BCUT2D eigenvalue weighted by atomic mass is 9.95. The minimum absolute atomic E-state index is 0.443. The first-order chi connectivity index (χ1) is 8.69. The molecular weight excluding hydrogens is 218 g/mol. The van der Waals surface area contributed by atoms with Crippen molar-refractivity contribution in [3.05, 3.63) is 34.9 Å². The molecule has 0 heterocycles. The zero-order valence-corrected chi connectivity index (χ0v) is 11.9. The van der Waals surface area contributed by atoms with Crippen LogP contribution in [0.2, 0.25) is 0 Å². The van der Waals surface area contributed by atoms with Gasteiger partial charge in [-0.25, -0.2) is 0 Å². The molecule has 1 rings (SSSR count). The number of hydrogen-bond acceptors (Lipinski definition) is 1. The lowest BCUT2D eigenvalue weighted by Crippen LogP contribution is -2.23. The van der Waals surface area contributed by atoms with E-state index in [9.17, 15) is 0 Å². The van der Waals surface area contributed by atoms with Crippen LogP contribution in [0.25, 0.3) is 0 Å². The van der Waals surface area contributed by atoms with Crippen molar-refractivity contribution >= 4 is 0 Å². The highest BCUT2D eigenvalue weighted by atomic mass is 14.9. The van der Waals surface area contributed by atoms with Crippen LogP contribution in [0.3, 0.4) is 0 Å². The summed E-state index contributed by atoms with van der Waals surface area (Å²) in [6, 6.07) is 7.16. The number of benzene rings is 1. The first kappa shape index (κ1) is 14.8. The summed E-state index contributed by atoms with van der Waals surface area (Å²) in [5.41, 5.74) is 4.13. The van der Waals surface area contributed by atoms with E-state index in [0.717, 1.165) is 32.2 Å². The van der Waals surface area contributed by atoms with Gasteiger partial charge in [-0.2, -0.15) is 0 Å². The number of terminal acetylenes is 1. The van der Waals surface area contributed by atoms with Gasteiger partial charge in [0, 0.05) is 12.5 Å². The maximum absolute atomic E-state index is 5.33. The van der Waals surface area contributed by atoms with E-state index >= 15 is 0 Å². The number of aryl methyl sites for hydroxylation is 2. The first-order valence-electron chi connectivity index (χ1n) is 6.93.